The summed E-state index contributed by atoms with van der Waals surface area (Å²) in [6.45, 7) is 1.70. The molecule has 7 nitrogen and oxygen atoms in total. The van der Waals surface area contributed by atoms with E-state index in [1.54, 1.807) is 0 Å². The Balaban J connectivity index is 1.65. The van der Waals surface area contributed by atoms with Crippen LogP contribution in [0.2, 0.25) is 0 Å². The number of halogens is 3. The zero-order chi connectivity index (χ0) is 24.7. The van der Waals surface area contributed by atoms with Crippen molar-refractivity contribution in [3.8, 4) is 0 Å². The van der Waals surface area contributed by atoms with Gasteiger partial charge in [-0.2, -0.15) is 13.2 Å². The Kier molecular flexibility index (Phi) is 6.71. The van der Waals surface area contributed by atoms with Gasteiger partial charge in [0.25, 0.3) is 9.84 Å². The number of rotatable bonds is 9. The minimum Gasteiger partial charge on any atom is -0.381 e. The van der Waals surface area contributed by atoms with E-state index >= 15 is 0 Å². The lowest BCUT2D eigenvalue weighted by molar-refractivity contribution is -0.0435. The average Bonchev–Trinajstić information content (AvgIpc) is 3.43. The molecule has 0 aromatic heterocycles. The summed E-state index contributed by atoms with van der Waals surface area (Å²) in [7, 11) is -10.2. The van der Waals surface area contributed by atoms with Crippen LogP contribution in [0.25, 0.3) is 0 Å². The molecule has 2 fully saturated rings. The van der Waals surface area contributed by atoms with Crippen molar-refractivity contribution in [2.75, 3.05) is 18.4 Å². The molecule has 1 aliphatic carbocycles. The molecule has 3 unspecified atom stereocenters. The molecule has 186 valence electrons. The second-order valence-corrected chi connectivity index (χ2v) is 12.3. The van der Waals surface area contributed by atoms with Crippen LogP contribution in [0.3, 0.4) is 0 Å². The Hall–Kier alpha value is -2.15. The van der Waals surface area contributed by atoms with Crippen molar-refractivity contribution in [2.24, 2.45) is 11.1 Å². The van der Waals surface area contributed by atoms with Crippen molar-refractivity contribution in [2.45, 2.75) is 53.1 Å². The molecule has 2 aliphatic rings. The smallest absolute Gasteiger partial charge is 0.381 e. The van der Waals surface area contributed by atoms with Gasteiger partial charge < -0.3 is 10.2 Å². The number of hydrogen-bond donors (Lipinski definition) is 2. The molecule has 0 bridgehead atoms. The van der Waals surface area contributed by atoms with Crippen LogP contribution in [0.15, 0.2) is 58.3 Å². The van der Waals surface area contributed by atoms with E-state index in [-0.39, 0.29) is 11.7 Å². The number of fused-ring (bicyclic) bond motifs is 1. The number of piperidine rings is 1. The highest BCUT2D eigenvalue weighted by atomic mass is 32.2. The predicted molar refractivity (Wildman–Crippen MR) is 121 cm³/mol. The van der Waals surface area contributed by atoms with E-state index in [0.717, 1.165) is 43.1 Å². The molecule has 3 N–H and O–H groups in total. The number of sulfonamides is 1. The summed E-state index contributed by atoms with van der Waals surface area (Å²) >= 11 is 0. The number of benzene rings is 2. The Bertz CT molecular complexity index is 1250. The van der Waals surface area contributed by atoms with Gasteiger partial charge in [-0.05, 0) is 61.9 Å². The monoisotopic (exact) mass is 517 g/mol. The van der Waals surface area contributed by atoms with Crippen molar-refractivity contribution in [1.82, 2.24) is 4.90 Å². The highest BCUT2D eigenvalue weighted by Crippen LogP contribution is 2.44. The number of nitrogens with one attached hydrogen (secondary N) is 1. The van der Waals surface area contributed by atoms with Crippen molar-refractivity contribution >= 4 is 25.5 Å². The first-order valence-corrected chi connectivity index (χ1v) is 13.9. The highest BCUT2D eigenvalue weighted by molar-refractivity contribution is 7.92. The second-order valence-electron chi connectivity index (χ2n) is 8.86. The molecular formula is C22H26F3N3O4S2. The van der Waals surface area contributed by atoms with Gasteiger partial charge in [0.05, 0.1) is 10.6 Å². The summed E-state index contributed by atoms with van der Waals surface area (Å²) < 4.78 is 88.2. The minimum atomic E-state index is -5.83. The SMILES string of the molecule is NS(=O)(=O)c1ccc(NC(CCN2CCC3CC32)Cc2ccccc2)c(S(=O)(=O)C(F)(F)F)c1. The number of hydrogen-bond acceptors (Lipinski definition) is 6. The van der Waals surface area contributed by atoms with E-state index in [2.05, 4.69) is 10.2 Å². The lowest BCUT2D eigenvalue weighted by Crippen LogP contribution is -2.32. The molecule has 34 heavy (non-hydrogen) atoms. The number of nitrogens with two attached hydrogens (primary N) is 1. The maximum atomic E-state index is 13.4. The minimum absolute atomic E-state index is 0.309. The van der Waals surface area contributed by atoms with Crippen LogP contribution < -0.4 is 10.5 Å². The summed E-state index contributed by atoms with van der Waals surface area (Å²) in [5.41, 5.74) is -4.98. The number of anilines is 1. The maximum Gasteiger partial charge on any atom is 0.501 e. The van der Waals surface area contributed by atoms with Crippen LogP contribution >= 0.6 is 0 Å². The van der Waals surface area contributed by atoms with Gasteiger partial charge >= 0.3 is 5.51 Å². The van der Waals surface area contributed by atoms with E-state index in [9.17, 15) is 30.0 Å². The second kappa shape index (κ2) is 9.14. The molecule has 3 atom stereocenters. The third-order valence-electron chi connectivity index (χ3n) is 6.47. The molecule has 0 amide bonds. The van der Waals surface area contributed by atoms with Gasteiger partial charge in [-0.15, -0.1) is 0 Å². The number of alkyl halides is 3. The van der Waals surface area contributed by atoms with Crippen LogP contribution in [-0.4, -0.2) is 52.4 Å². The first-order valence-electron chi connectivity index (χ1n) is 10.9. The Labute approximate surface area is 197 Å². The van der Waals surface area contributed by atoms with E-state index in [0.29, 0.717) is 24.9 Å². The molecule has 1 saturated heterocycles. The van der Waals surface area contributed by atoms with Crippen molar-refractivity contribution in [3.05, 3.63) is 54.1 Å². The van der Waals surface area contributed by atoms with Crippen LogP contribution in [0.4, 0.5) is 18.9 Å². The lowest BCUT2D eigenvalue weighted by Gasteiger charge is -2.26. The third-order valence-corrected chi connectivity index (χ3v) is 8.90. The summed E-state index contributed by atoms with van der Waals surface area (Å²) in [6, 6.07) is 12.0. The standard InChI is InChI=1S/C22H26F3N3O4S2/c23-22(24,25)33(29,30)21-14-18(34(26,31)32)6-7-19(21)27-17(12-15-4-2-1-3-5-15)9-11-28-10-8-16-13-20(16)28/h1-7,14,16-17,20,27H,8-13H2,(H2,26,31,32). The maximum absolute atomic E-state index is 13.4. The Morgan fingerprint density at radius 2 is 1.79 bits per heavy atom. The van der Waals surface area contributed by atoms with E-state index in [4.69, 9.17) is 5.14 Å². The third kappa shape index (κ3) is 5.40. The highest BCUT2D eigenvalue weighted by Gasteiger charge is 2.49. The quantitative estimate of drug-likeness (QED) is 0.529. The molecule has 1 heterocycles. The van der Waals surface area contributed by atoms with E-state index < -0.39 is 35.2 Å². The summed E-state index contributed by atoms with van der Waals surface area (Å²) in [6.07, 6.45) is 3.33. The van der Waals surface area contributed by atoms with Crippen LogP contribution in [0, 0.1) is 5.92 Å². The fourth-order valence-corrected chi connectivity index (χ4v) is 6.14. The first kappa shape index (κ1) is 25.0. The van der Waals surface area contributed by atoms with Gasteiger partial charge in [0.2, 0.25) is 10.0 Å². The first-order chi connectivity index (χ1) is 15.9. The van der Waals surface area contributed by atoms with Crippen molar-refractivity contribution in [1.29, 1.82) is 0 Å². The summed E-state index contributed by atoms with van der Waals surface area (Å²) in [5.74, 6) is 0.731. The number of primary sulfonamides is 1. The lowest BCUT2D eigenvalue weighted by atomic mass is 10.0. The molecule has 2 aromatic rings. The molecule has 0 radical (unpaired) electrons. The molecule has 0 spiro atoms. The zero-order valence-electron chi connectivity index (χ0n) is 18.2. The van der Waals surface area contributed by atoms with Crippen LogP contribution in [0.1, 0.15) is 24.8 Å². The number of sulfone groups is 1. The van der Waals surface area contributed by atoms with E-state index in [1.807, 2.05) is 30.3 Å². The van der Waals surface area contributed by atoms with Gasteiger partial charge in [-0.25, -0.2) is 22.0 Å². The van der Waals surface area contributed by atoms with Gasteiger partial charge in [0, 0.05) is 18.6 Å². The zero-order valence-corrected chi connectivity index (χ0v) is 19.8. The van der Waals surface area contributed by atoms with Crippen LogP contribution in [-0.2, 0) is 26.3 Å². The molecule has 4 rings (SSSR count). The van der Waals surface area contributed by atoms with Crippen molar-refractivity contribution < 1.29 is 30.0 Å². The van der Waals surface area contributed by atoms with Crippen LogP contribution in [0.5, 0.6) is 0 Å². The number of nitrogens with zero attached hydrogens (tertiary/aromatic N) is 1. The molecule has 12 heteroatoms. The van der Waals surface area contributed by atoms with Gasteiger partial charge in [0.1, 0.15) is 4.90 Å². The van der Waals surface area contributed by atoms with Gasteiger partial charge in [0.15, 0.2) is 0 Å². The fraction of sp³-hybridized carbons (Fsp3) is 0.455. The summed E-state index contributed by atoms with van der Waals surface area (Å²) in [5, 5.41) is 8.00. The topological polar surface area (TPSA) is 110 Å². The van der Waals surface area contributed by atoms with Crippen molar-refractivity contribution in [3.63, 3.8) is 0 Å². The predicted octanol–water partition coefficient (Wildman–Crippen LogP) is 3.14. The molecule has 2 aromatic carbocycles. The normalized spacial score (nSPS) is 21.8. The Morgan fingerprint density at radius 3 is 2.35 bits per heavy atom. The van der Waals surface area contributed by atoms with E-state index in [1.165, 1.54) is 6.42 Å². The molecular weight excluding hydrogens is 491 g/mol. The van der Waals surface area contributed by atoms with Gasteiger partial charge in [-0.1, -0.05) is 30.3 Å². The largest absolute Gasteiger partial charge is 0.501 e. The fourth-order valence-electron chi connectivity index (χ4n) is 4.58. The summed E-state index contributed by atoms with van der Waals surface area (Å²) in [4.78, 5) is 0.493. The number of likely N-dealkylation sites (tertiary alicyclic amines) is 1. The van der Waals surface area contributed by atoms with Gasteiger partial charge in [-0.3, -0.25) is 0 Å². The average molecular weight is 518 g/mol. The molecule has 1 aliphatic heterocycles. The Morgan fingerprint density at radius 1 is 1.09 bits per heavy atom. The molecule has 1 saturated carbocycles.